The Bertz CT molecular complexity index is 460. The maximum Gasteiger partial charge on any atom is 0.123 e. The molecule has 1 aromatic rings. The van der Waals surface area contributed by atoms with Crippen LogP contribution in [0.2, 0.25) is 0 Å². The molecule has 0 spiro atoms. The highest BCUT2D eigenvalue weighted by molar-refractivity contribution is 5.44. The maximum absolute atomic E-state index is 8.76. The van der Waals surface area contributed by atoms with Crippen LogP contribution < -0.4 is 4.74 Å². The van der Waals surface area contributed by atoms with Crippen LogP contribution in [0.1, 0.15) is 37.8 Å². The lowest BCUT2D eigenvalue weighted by molar-refractivity contribution is 0.275. The third kappa shape index (κ3) is 5.24. The average Bonchev–Trinajstić information content (AvgIpc) is 2.47. The fraction of sp³-hybridized carbons (Fsp3) is 0.529. The minimum Gasteiger partial charge on any atom is -0.496 e. The molecule has 0 aromatic heterocycles. The minimum atomic E-state index is 0.107. The number of hydrogen-bond donors (Lipinski definition) is 1. The summed E-state index contributed by atoms with van der Waals surface area (Å²) in [4.78, 5) is 2.39. The summed E-state index contributed by atoms with van der Waals surface area (Å²) < 4.78 is 5.43. The van der Waals surface area contributed by atoms with Crippen molar-refractivity contribution < 1.29 is 9.84 Å². The molecule has 3 nitrogen and oxygen atoms in total. The lowest BCUT2D eigenvalue weighted by Crippen LogP contribution is -2.23. The molecule has 0 saturated heterocycles. The van der Waals surface area contributed by atoms with Crippen molar-refractivity contribution in [2.45, 2.75) is 33.2 Å². The predicted molar refractivity (Wildman–Crippen MR) is 82.8 cm³/mol. The van der Waals surface area contributed by atoms with Crippen LogP contribution in [0, 0.1) is 11.8 Å². The number of ether oxygens (including phenoxy) is 1. The van der Waals surface area contributed by atoms with Gasteiger partial charge in [-0.3, -0.25) is 4.90 Å². The highest BCUT2D eigenvalue weighted by atomic mass is 16.5. The van der Waals surface area contributed by atoms with E-state index in [-0.39, 0.29) is 6.61 Å². The van der Waals surface area contributed by atoms with E-state index in [9.17, 15) is 0 Å². The summed E-state index contributed by atoms with van der Waals surface area (Å²) >= 11 is 0. The molecule has 0 heterocycles. The van der Waals surface area contributed by atoms with Gasteiger partial charge in [-0.2, -0.15) is 0 Å². The molecule has 0 fully saturated rings. The molecule has 3 heteroatoms. The van der Waals surface area contributed by atoms with Gasteiger partial charge in [-0.1, -0.05) is 25.7 Å². The van der Waals surface area contributed by atoms with Gasteiger partial charge < -0.3 is 9.84 Å². The number of rotatable bonds is 7. The van der Waals surface area contributed by atoms with Crippen molar-refractivity contribution in [1.29, 1.82) is 0 Å². The minimum absolute atomic E-state index is 0.107. The maximum atomic E-state index is 8.76. The lowest BCUT2D eigenvalue weighted by Gasteiger charge is -2.21. The zero-order chi connectivity index (χ0) is 14.8. The monoisotopic (exact) mass is 275 g/mol. The van der Waals surface area contributed by atoms with Crippen LogP contribution in [-0.2, 0) is 6.54 Å². The Morgan fingerprint density at radius 1 is 1.30 bits per heavy atom. The molecular formula is C17H25NO2. The van der Waals surface area contributed by atoms with Crippen LogP contribution >= 0.6 is 0 Å². The van der Waals surface area contributed by atoms with Crippen molar-refractivity contribution in [3.05, 3.63) is 29.3 Å². The Labute approximate surface area is 122 Å². The summed E-state index contributed by atoms with van der Waals surface area (Å²) in [5.41, 5.74) is 2.14. The molecule has 0 aliphatic carbocycles. The van der Waals surface area contributed by atoms with Gasteiger partial charge >= 0.3 is 0 Å². The van der Waals surface area contributed by atoms with Crippen molar-refractivity contribution in [2.24, 2.45) is 0 Å². The van der Waals surface area contributed by atoms with Crippen LogP contribution in [0.15, 0.2) is 18.2 Å². The molecule has 1 N–H and O–H groups in total. The Morgan fingerprint density at radius 3 is 2.70 bits per heavy atom. The lowest BCUT2D eigenvalue weighted by atomic mass is 10.1. The molecule has 0 amide bonds. The first-order valence-electron chi connectivity index (χ1n) is 7.24. The van der Waals surface area contributed by atoms with Crippen LogP contribution in [0.5, 0.6) is 5.75 Å². The third-order valence-corrected chi connectivity index (χ3v) is 3.13. The first kappa shape index (κ1) is 16.6. The Balaban J connectivity index is 2.91. The molecule has 0 atom stereocenters. The topological polar surface area (TPSA) is 32.7 Å². The summed E-state index contributed by atoms with van der Waals surface area (Å²) in [5, 5.41) is 8.76. The number of aliphatic hydroxyl groups excluding tert-OH is 1. The van der Waals surface area contributed by atoms with Crippen molar-refractivity contribution >= 4 is 0 Å². The molecule has 0 aliphatic heterocycles. The van der Waals surface area contributed by atoms with Gasteiger partial charge in [-0.25, -0.2) is 0 Å². The zero-order valence-corrected chi connectivity index (χ0v) is 12.8. The quantitative estimate of drug-likeness (QED) is 0.777. The smallest absolute Gasteiger partial charge is 0.123 e. The average molecular weight is 275 g/mol. The van der Waals surface area contributed by atoms with E-state index in [1.54, 1.807) is 7.11 Å². The molecule has 110 valence electrons. The summed E-state index contributed by atoms with van der Waals surface area (Å²) in [6.07, 6.45) is 1.66. The highest BCUT2D eigenvalue weighted by Gasteiger charge is 2.08. The molecule has 1 rings (SSSR count). The third-order valence-electron chi connectivity index (χ3n) is 3.13. The van der Waals surface area contributed by atoms with Crippen molar-refractivity contribution in [3.63, 3.8) is 0 Å². The second-order valence-electron chi connectivity index (χ2n) is 4.67. The fourth-order valence-corrected chi connectivity index (χ4v) is 2.11. The number of methoxy groups -OCH3 is 1. The summed E-state index contributed by atoms with van der Waals surface area (Å²) in [7, 11) is 1.70. The molecule has 0 saturated carbocycles. The molecule has 0 radical (unpaired) electrons. The second-order valence-corrected chi connectivity index (χ2v) is 4.67. The summed E-state index contributed by atoms with van der Waals surface area (Å²) in [6, 6.07) is 6.02. The van der Waals surface area contributed by atoms with Gasteiger partial charge in [0, 0.05) is 24.1 Å². The van der Waals surface area contributed by atoms with Gasteiger partial charge in [0.05, 0.1) is 13.7 Å². The summed E-state index contributed by atoms with van der Waals surface area (Å²) in [6.45, 7) is 7.46. The zero-order valence-electron chi connectivity index (χ0n) is 12.8. The molecule has 20 heavy (non-hydrogen) atoms. The Kier molecular flexibility index (Phi) is 7.79. The van der Waals surface area contributed by atoms with Gasteiger partial charge in [0.25, 0.3) is 0 Å². The normalized spacial score (nSPS) is 10.2. The molecule has 0 bridgehead atoms. The van der Waals surface area contributed by atoms with Gasteiger partial charge in [0.2, 0.25) is 0 Å². The molecular weight excluding hydrogens is 250 g/mol. The number of nitrogens with zero attached hydrogens (tertiary/aromatic N) is 1. The molecule has 0 aliphatic rings. The highest BCUT2D eigenvalue weighted by Crippen LogP contribution is 2.21. The van der Waals surface area contributed by atoms with Gasteiger partial charge in [-0.05, 0) is 37.7 Å². The van der Waals surface area contributed by atoms with E-state index in [0.717, 1.165) is 37.4 Å². The fourth-order valence-electron chi connectivity index (χ4n) is 2.11. The van der Waals surface area contributed by atoms with Gasteiger partial charge in [-0.15, -0.1) is 0 Å². The SMILES string of the molecule is CCCN(CC)Cc1cc(C#CCCO)ccc1OC. The van der Waals surface area contributed by atoms with E-state index in [1.807, 2.05) is 12.1 Å². The van der Waals surface area contributed by atoms with Crippen LogP contribution in [-0.4, -0.2) is 36.8 Å². The second kappa shape index (κ2) is 9.41. The molecule has 0 unspecified atom stereocenters. The van der Waals surface area contributed by atoms with Gasteiger partial charge in [0.1, 0.15) is 5.75 Å². The Morgan fingerprint density at radius 2 is 2.10 bits per heavy atom. The van der Waals surface area contributed by atoms with E-state index in [0.29, 0.717) is 6.42 Å². The van der Waals surface area contributed by atoms with Crippen LogP contribution in [0.4, 0.5) is 0 Å². The van der Waals surface area contributed by atoms with E-state index >= 15 is 0 Å². The van der Waals surface area contributed by atoms with Crippen LogP contribution in [0.3, 0.4) is 0 Å². The van der Waals surface area contributed by atoms with E-state index < -0.39 is 0 Å². The van der Waals surface area contributed by atoms with Crippen molar-refractivity contribution in [2.75, 3.05) is 26.8 Å². The standard InChI is InChI=1S/C17H25NO2/c1-4-11-18(5-2)14-16-13-15(8-6-7-12-19)9-10-17(16)20-3/h9-10,13,19H,4-5,7,11-12,14H2,1-3H3. The largest absolute Gasteiger partial charge is 0.496 e. The number of benzene rings is 1. The van der Waals surface area contributed by atoms with E-state index in [1.165, 1.54) is 5.56 Å². The van der Waals surface area contributed by atoms with Crippen molar-refractivity contribution in [3.8, 4) is 17.6 Å². The van der Waals surface area contributed by atoms with Crippen LogP contribution in [0.25, 0.3) is 0 Å². The first-order valence-corrected chi connectivity index (χ1v) is 7.24. The predicted octanol–water partition coefficient (Wildman–Crippen LogP) is 2.66. The van der Waals surface area contributed by atoms with Crippen molar-refractivity contribution in [1.82, 2.24) is 4.90 Å². The number of hydrogen-bond acceptors (Lipinski definition) is 3. The summed E-state index contributed by atoms with van der Waals surface area (Å²) in [5.74, 6) is 6.94. The van der Waals surface area contributed by atoms with Gasteiger partial charge in [0.15, 0.2) is 0 Å². The van der Waals surface area contributed by atoms with E-state index in [2.05, 4.69) is 36.7 Å². The molecule has 1 aromatic carbocycles. The number of aliphatic hydroxyl groups is 1. The first-order chi connectivity index (χ1) is 9.74. The Hall–Kier alpha value is -1.50. The van der Waals surface area contributed by atoms with E-state index in [4.69, 9.17) is 9.84 Å².